The Hall–Kier alpha value is -2.90. The lowest BCUT2D eigenvalue weighted by atomic mass is 10.0. The maximum Gasteiger partial charge on any atom is 0.322 e. The van der Waals surface area contributed by atoms with Crippen LogP contribution in [0, 0.1) is 12.7 Å². The molecule has 8 heteroatoms. The van der Waals surface area contributed by atoms with Crippen LogP contribution in [0.2, 0.25) is 0 Å². The van der Waals surface area contributed by atoms with Gasteiger partial charge in [-0.1, -0.05) is 6.07 Å². The Balaban J connectivity index is 1.44. The first-order chi connectivity index (χ1) is 14.4. The predicted octanol–water partition coefficient (Wildman–Crippen LogP) is 3.01. The zero-order valence-electron chi connectivity index (χ0n) is 17.6. The van der Waals surface area contributed by atoms with Gasteiger partial charge in [0.1, 0.15) is 5.82 Å². The van der Waals surface area contributed by atoms with Crippen LogP contribution in [0.15, 0.2) is 18.2 Å². The van der Waals surface area contributed by atoms with Crippen LogP contribution >= 0.6 is 0 Å². The van der Waals surface area contributed by atoms with Crippen LogP contribution < -0.4 is 5.32 Å². The van der Waals surface area contributed by atoms with Gasteiger partial charge in [-0.05, 0) is 31.9 Å². The second-order valence-electron chi connectivity index (χ2n) is 8.10. The number of benzene rings is 1. The summed E-state index contributed by atoms with van der Waals surface area (Å²) in [7, 11) is 1.91. The molecule has 0 aliphatic carbocycles. The van der Waals surface area contributed by atoms with E-state index in [0.717, 1.165) is 42.9 Å². The van der Waals surface area contributed by atoms with Crippen LogP contribution in [-0.4, -0.2) is 51.2 Å². The SMILES string of the molecule is Cc1c(F)cccc1NC(=O)N1CCc2c(c(CCC(=O)N3CCCC3)nn2C)C1. The molecule has 2 aliphatic rings. The summed E-state index contributed by atoms with van der Waals surface area (Å²) in [5.41, 5.74) is 3.94. The van der Waals surface area contributed by atoms with E-state index in [1.807, 2.05) is 16.6 Å². The third-order valence-corrected chi connectivity index (χ3v) is 6.16. The lowest BCUT2D eigenvalue weighted by Crippen LogP contribution is -2.39. The molecule has 0 unspecified atom stereocenters. The van der Waals surface area contributed by atoms with Crippen molar-refractivity contribution in [1.82, 2.24) is 19.6 Å². The highest BCUT2D eigenvalue weighted by molar-refractivity contribution is 5.90. The van der Waals surface area contributed by atoms with Gasteiger partial charge in [0.15, 0.2) is 0 Å². The molecule has 3 heterocycles. The van der Waals surface area contributed by atoms with Crippen LogP contribution in [0.5, 0.6) is 0 Å². The zero-order chi connectivity index (χ0) is 21.3. The number of aromatic nitrogens is 2. The number of carbonyl (C=O) groups excluding carboxylic acids is 2. The highest BCUT2D eigenvalue weighted by Crippen LogP contribution is 2.25. The van der Waals surface area contributed by atoms with E-state index in [0.29, 0.717) is 43.6 Å². The third-order valence-electron chi connectivity index (χ3n) is 6.16. The molecule has 0 atom stereocenters. The summed E-state index contributed by atoms with van der Waals surface area (Å²) in [6.45, 7) is 4.37. The van der Waals surface area contributed by atoms with E-state index in [-0.39, 0.29) is 17.8 Å². The molecule has 7 nitrogen and oxygen atoms in total. The maximum atomic E-state index is 13.8. The van der Waals surface area contributed by atoms with E-state index in [1.165, 1.54) is 6.07 Å². The maximum absolute atomic E-state index is 13.8. The number of hydrogen-bond acceptors (Lipinski definition) is 3. The minimum Gasteiger partial charge on any atom is -0.343 e. The fraction of sp³-hybridized carbons (Fsp3) is 0.500. The molecule has 160 valence electrons. The average molecular weight is 413 g/mol. The van der Waals surface area contributed by atoms with E-state index in [9.17, 15) is 14.0 Å². The molecule has 1 aromatic heterocycles. The first-order valence-corrected chi connectivity index (χ1v) is 10.6. The summed E-state index contributed by atoms with van der Waals surface area (Å²) in [5, 5.41) is 7.46. The quantitative estimate of drug-likeness (QED) is 0.838. The number of rotatable bonds is 4. The Morgan fingerprint density at radius 1 is 1.17 bits per heavy atom. The topological polar surface area (TPSA) is 70.5 Å². The van der Waals surface area contributed by atoms with Gasteiger partial charge in [0, 0.05) is 68.5 Å². The van der Waals surface area contributed by atoms with Gasteiger partial charge >= 0.3 is 6.03 Å². The molecular weight excluding hydrogens is 385 g/mol. The average Bonchev–Trinajstić information content (AvgIpc) is 3.38. The molecule has 3 amide bonds. The second-order valence-corrected chi connectivity index (χ2v) is 8.10. The largest absolute Gasteiger partial charge is 0.343 e. The Kier molecular flexibility index (Phi) is 5.74. The van der Waals surface area contributed by atoms with Crippen molar-refractivity contribution in [1.29, 1.82) is 0 Å². The summed E-state index contributed by atoms with van der Waals surface area (Å²) in [6, 6.07) is 4.41. The molecule has 1 N–H and O–H groups in total. The molecule has 1 fully saturated rings. The third kappa shape index (κ3) is 4.04. The summed E-state index contributed by atoms with van der Waals surface area (Å²) in [4.78, 5) is 28.9. The summed E-state index contributed by atoms with van der Waals surface area (Å²) >= 11 is 0. The number of hydrogen-bond donors (Lipinski definition) is 1. The van der Waals surface area contributed by atoms with Gasteiger partial charge in [-0.15, -0.1) is 0 Å². The highest BCUT2D eigenvalue weighted by atomic mass is 19.1. The van der Waals surface area contributed by atoms with Crippen LogP contribution in [-0.2, 0) is 31.2 Å². The molecular formula is C22H28FN5O2. The number of fused-ring (bicyclic) bond motifs is 1. The van der Waals surface area contributed by atoms with Crippen molar-refractivity contribution >= 4 is 17.6 Å². The Morgan fingerprint density at radius 2 is 1.93 bits per heavy atom. The number of amides is 3. The van der Waals surface area contributed by atoms with Crippen LogP contribution in [0.25, 0.3) is 0 Å². The standard InChI is InChI=1S/C22H28FN5O2/c1-15-17(23)6-5-7-18(15)24-22(30)28-13-10-20-16(14-28)19(25-26(20)2)8-9-21(29)27-11-3-4-12-27/h5-7H,3-4,8-14H2,1-2H3,(H,24,30). The van der Waals surface area contributed by atoms with Gasteiger partial charge < -0.3 is 15.1 Å². The van der Waals surface area contributed by atoms with Crippen molar-refractivity contribution in [3.63, 3.8) is 0 Å². The smallest absolute Gasteiger partial charge is 0.322 e. The van der Waals surface area contributed by atoms with Crippen molar-refractivity contribution < 1.29 is 14.0 Å². The van der Waals surface area contributed by atoms with Crippen molar-refractivity contribution in [3.8, 4) is 0 Å². The van der Waals surface area contributed by atoms with Gasteiger partial charge in [0.25, 0.3) is 0 Å². The van der Waals surface area contributed by atoms with E-state index in [1.54, 1.807) is 24.0 Å². The molecule has 1 saturated heterocycles. The van der Waals surface area contributed by atoms with Gasteiger partial charge in [-0.3, -0.25) is 9.48 Å². The first-order valence-electron chi connectivity index (χ1n) is 10.6. The molecule has 30 heavy (non-hydrogen) atoms. The molecule has 0 radical (unpaired) electrons. The van der Waals surface area contributed by atoms with E-state index >= 15 is 0 Å². The number of urea groups is 1. The summed E-state index contributed by atoms with van der Waals surface area (Å²) in [5.74, 6) is -0.162. The summed E-state index contributed by atoms with van der Waals surface area (Å²) in [6.07, 6.45) is 3.89. The highest BCUT2D eigenvalue weighted by Gasteiger charge is 2.27. The van der Waals surface area contributed by atoms with Crippen LogP contribution in [0.3, 0.4) is 0 Å². The van der Waals surface area contributed by atoms with Crippen LogP contribution in [0.1, 0.15) is 41.8 Å². The predicted molar refractivity (Wildman–Crippen MR) is 112 cm³/mol. The number of nitrogens with zero attached hydrogens (tertiary/aromatic N) is 4. The number of halogens is 1. The van der Waals surface area contributed by atoms with Crippen molar-refractivity contribution in [2.24, 2.45) is 7.05 Å². The molecule has 0 spiro atoms. The summed E-state index contributed by atoms with van der Waals surface area (Å²) < 4.78 is 15.7. The van der Waals surface area contributed by atoms with E-state index < -0.39 is 0 Å². The van der Waals surface area contributed by atoms with Gasteiger partial charge in [-0.2, -0.15) is 5.10 Å². The second kappa shape index (κ2) is 8.45. The van der Waals surface area contributed by atoms with E-state index in [4.69, 9.17) is 0 Å². The number of likely N-dealkylation sites (tertiary alicyclic amines) is 1. The Labute approximate surface area is 175 Å². The fourth-order valence-electron chi connectivity index (χ4n) is 4.33. The van der Waals surface area contributed by atoms with Gasteiger partial charge in [0.05, 0.1) is 12.2 Å². The Bertz CT molecular complexity index is 965. The fourth-order valence-corrected chi connectivity index (χ4v) is 4.33. The minimum atomic E-state index is -0.342. The van der Waals surface area contributed by atoms with Crippen molar-refractivity contribution in [2.75, 3.05) is 25.0 Å². The Morgan fingerprint density at radius 3 is 2.70 bits per heavy atom. The molecule has 0 bridgehead atoms. The number of carbonyl (C=O) groups is 2. The van der Waals surface area contributed by atoms with Crippen molar-refractivity contribution in [2.45, 2.75) is 45.6 Å². The van der Waals surface area contributed by atoms with E-state index in [2.05, 4.69) is 10.4 Å². The minimum absolute atomic E-state index is 0.180. The molecule has 2 aromatic rings. The lowest BCUT2D eigenvalue weighted by molar-refractivity contribution is -0.130. The number of anilines is 1. The molecule has 2 aliphatic heterocycles. The van der Waals surface area contributed by atoms with Crippen molar-refractivity contribution in [3.05, 3.63) is 46.5 Å². The monoisotopic (exact) mass is 413 g/mol. The van der Waals surface area contributed by atoms with Gasteiger partial charge in [0.2, 0.25) is 5.91 Å². The zero-order valence-corrected chi connectivity index (χ0v) is 17.6. The van der Waals surface area contributed by atoms with Crippen LogP contribution in [0.4, 0.5) is 14.9 Å². The molecule has 0 saturated carbocycles. The number of aryl methyl sites for hydroxylation is 2. The normalized spacial score (nSPS) is 16.0. The first kappa shape index (κ1) is 20.4. The number of nitrogens with one attached hydrogen (secondary N) is 1. The lowest BCUT2D eigenvalue weighted by Gasteiger charge is -2.28. The van der Waals surface area contributed by atoms with Gasteiger partial charge in [-0.25, -0.2) is 9.18 Å². The molecule has 4 rings (SSSR count). The molecule has 1 aromatic carbocycles.